The predicted molar refractivity (Wildman–Crippen MR) is 112 cm³/mol. The number of rotatable bonds is 3. The maximum atomic E-state index is 12.2. The fourth-order valence-corrected chi connectivity index (χ4v) is 3.48. The zero-order chi connectivity index (χ0) is 20.0. The number of hydrogen-bond donors (Lipinski definition) is 1. The summed E-state index contributed by atoms with van der Waals surface area (Å²) in [6, 6.07) is 17.5. The molecule has 0 amide bonds. The number of aromatic nitrogens is 3. The molecule has 0 atom stereocenters. The summed E-state index contributed by atoms with van der Waals surface area (Å²) in [5.41, 5.74) is 3.62. The second kappa shape index (κ2) is 6.60. The number of pyridine rings is 3. The quantitative estimate of drug-likeness (QED) is 0.488. The number of benzene rings is 1. The van der Waals surface area contributed by atoms with Crippen molar-refractivity contribution in [2.75, 3.05) is 7.11 Å². The van der Waals surface area contributed by atoms with Crippen LogP contribution in [0.1, 0.15) is 5.76 Å². The Bertz CT molecular complexity index is 1430. The molecule has 0 saturated heterocycles. The van der Waals surface area contributed by atoms with Crippen molar-refractivity contribution in [2.45, 2.75) is 6.92 Å². The van der Waals surface area contributed by atoms with E-state index < -0.39 is 0 Å². The van der Waals surface area contributed by atoms with Crippen LogP contribution in [-0.4, -0.2) is 22.1 Å². The van der Waals surface area contributed by atoms with E-state index >= 15 is 0 Å². The Balaban J connectivity index is 1.82. The van der Waals surface area contributed by atoms with Crippen molar-refractivity contribution in [3.05, 3.63) is 76.9 Å². The van der Waals surface area contributed by atoms with Gasteiger partial charge in [0.15, 0.2) is 11.5 Å². The van der Waals surface area contributed by atoms with Gasteiger partial charge in [-0.2, -0.15) is 0 Å². The van der Waals surface area contributed by atoms with Gasteiger partial charge in [0.25, 0.3) is 5.56 Å². The molecule has 0 bridgehead atoms. The van der Waals surface area contributed by atoms with Crippen LogP contribution in [0.15, 0.2) is 70.0 Å². The third kappa shape index (κ3) is 2.95. The summed E-state index contributed by atoms with van der Waals surface area (Å²) in [4.78, 5) is 24.1. The molecule has 0 fully saturated rings. The highest BCUT2D eigenvalue weighted by atomic mass is 16.5. The highest BCUT2D eigenvalue weighted by Gasteiger charge is 2.16. The average molecular weight is 383 g/mol. The topological polar surface area (TPSA) is 81.0 Å². The van der Waals surface area contributed by atoms with Crippen LogP contribution in [0.2, 0.25) is 0 Å². The SMILES string of the molecule is COc1cc2cc(-c3ccc4ncccc4c3)c(-c3ccc(C)o3)nc2[nH]c1=O. The van der Waals surface area contributed by atoms with Gasteiger partial charge in [0.1, 0.15) is 17.1 Å². The normalized spacial score (nSPS) is 11.2. The first-order valence-electron chi connectivity index (χ1n) is 9.16. The van der Waals surface area contributed by atoms with Gasteiger partial charge in [-0.1, -0.05) is 12.1 Å². The highest BCUT2D eigenvalue weighted by Crippen LogP contribution is 2.35. The van der Waals surface area contributed by atoms with Gasteiger partial charge < -0.3 is 14.1 Å². The minimum atomic E-state index is -0.321. The number of methoxy groups -OCH3 is 1. The summed E-state index contributed by atoms with van der Waals surface area (Å²) in [7, 11) is 1.47. The molecule has 0 aliphatic carbocycles. The number of H-pyrrole nitrogens is 1. The number of nitrogens with zero attached hydrogens (tertiary/aromatic N) is 2. The number of aromatic amines is 1. The van der Waals surface area contributed by atoms with Gasteiger partial charge in [0, 0.05) is 22.5 Å². The first kappa shape index (κ1) is 17.2. The van der Waals surface area contributed by atoms with Gasteiger partial charge in [-0.05, 0) is 55.0 Å². The minimum absolute atomic E-state index is 0.245. The highest BCUT2D eigenvalue weighted by molar-refractivity contribution is 5.92. The third-order valence-electron chi connectivity index (χ3n) is 4.90. The molecule has 5 rings (SSSR count). The lowest BCUT2D eigenvalue weighted by Gasteiger charge is -2.11. The molecule has 5 aromatic rings. The number of nitrogens with one attached hydrogen (secondary N) is 1. The summed E-state index contributed by atoms with van der Waals surface area (Å²) in [5.74, 6) is 1.68. The van der Waals surface area contributed by atoms with Crippen LogP contribution in [0, 0.1) is 6.92 Å². The van der Waals surface area contributed by atoms with E-state index in [4.69, 9.17) is 14.1 Å². The van der Waals surface area contributed by atoms with E-state index in [2.05, 4.69) is 16.0 Å². The molecular weight excluding hydrogens is 366 g/mol. The molecule has 0 saturated carbocycles. The first-order chi connectivity index (χ1) is 14.1. The lowest BCUT2D eigenvalue weighted by molar-refractivity contribution is 0.409. The Morgan fingerprint density at radius 3 is 2.72 bits per heavy atom. The number of fused-ring (bicyclic) bond motifs is 2. The molecule has 0 spiro atoms. The van der Waals surface area contributed by atoms with Crippen LogP contribution in [0.4, 0.5) is 0 Å². The second-order valence-electron chi connectivity index (χ2n) is 6.81. The number of ether oxygens (including phenoxy) is 1. The van der Waals surface area contributed by atoms with E-state index in [0.717, 1.165) is 33.2 Å². The van der Waals surface area contributed by atoms with Crippen LogP contribution in [-0.2, 0) is 0 Å². The summed E-state index contributed by atoms with van der Waals surface area (Å²) >= 11 is 0. The molecule has 0 aliphatic heterocycles. The molecule has 4 heterocycles. The Kier molecular flexibility index (Phi) is 3.91. The maximum absolute atomic E-state index is 12.2. The minimum Gasteiger partial charge on any atom is -0.491 e. The van der Waals surface area contributed by atoms with Crippen LogP contribution >= 0.6 is 0 Å². The van der Waals surface area contributed by atoms with E-state index in [1.807, 2.05) is 49.4 Å². The van der Waals surface area contributed by atoms with Gasteiger partial charge in [-0.3, -0.25) is 9.78 Å². The summed E-state index contributed by atoms with van der Waals surface area (Å²) < 4.78 is 11.0. The fraction of sp³-hybridized carbons (Fsp3) is 0.0870. The summed E-state index contributed by atoms with van der Waals surface area (Å²) in [5, 5.41) is 1.81. The van der Waals surface area contributed by atoms with Crippen molar-refractivity contribution in [3.8, 4) is 28.3 Å². The van der Waals surface area contributed by atoms with E-state index in [-0.39, 0.29) is 11.3 Å². The van der Waals surface area contributed by atoms with E-state index in [1.54, 1.807) is 12.3 Å². The van der Waals surface area contributed by atoms with E-state index in [9.17, 15) is 4.79 Å². The van der Waals surface area contributed by atoms with Crippen molar-refractivity contribution < 1.29 is 9.15 Å². The monoisotopic (exact) mass is 383 g/mol. The van der Waals surface area contributed by atoms with Crippen molar-refractivity contribution in [2.24, 2.45) is 0 Å². The average Bonchev–Trinajstić information content (AvgIpc) is 3.18. The lowest BCUT2D eigenvalue weighted by Crippen LogP contribution is -2.09. The van der Waals surface area contributed by atoms with Crippen molar-refractivity contribution in [1.29, 1.82) is 0 Å². The molecule has 0 aliphatic rings. The van der Waals surface area contributed by atoms with Crippen LogP contribution < -0.4 is 10.3 Å². The van der Waals surface area contributed by atoms with Gasteiger partial charge in [0.2, 0.25) is 0 Å². The Hall–Kier alpha value is -3.93. The molecule has 0 radical (unpaired) electrons. The summed E-state index contributed by atoms with van der Waals surface area (Å²) in [6.45, 7) is 1.89. The van der Waals surface area contributed by atoms with Gasteiger partial charge >= 0.3 is 0 Å². The molecule has 1 N–H and O–H groups in total. The lowest BCUT2D eigenvalue weighted by atomic mass is 9.99. The smallest absolute Gasteiger partial charge is 0.291 e. The molecule has 6 heteroatoms. The van der Waals surface area contributed by atoms with Crippen LogP contribution in [0.5, 0.6) is 5.75 Å². The van der Waals surface area contributed by atoms with Gasteiger partial charge in [0.05, 0.1) is 12.6 Å². The fourth-order valence-electron chi connectivity index (χ4n) is 3.48. The Labute approximate surface area is 165 Å². The Morgan fingerprint density at radius 1 is 1.03 bits per heavy atom. The molecule has 4 aromatic heterocycles. The zero-order valence-corrected chi connectivity index (χ0v) is 15.9. The van der Waals surface area contributed by atoms with Crippen LogP contribution in [0.3, 0.4) is 0 Å². The molecule has 6 nitrogen and oxygen atoms in total. The van der Waals surface area contributed by atoms with E-state index in [0.29, 0.717) is 17.1 Å². The molecule has 0 unspecified atom stereocenters. The summed E-state index contributed by atoms with van der Waals surface area (Å²) in [6.07, 6.45) is 1.78. The molecule has 1 aromatic carbocycles. The third-order valence-corrected chi connectivity index (χ3v) is 4.90. The number of hydrogen-bond acceptors (Lipinski definition) is 5. The van der Waals surface area contributed by atoms with Crippen molar-refractivity contribution in [1.82, 2.24) is 15.0 Å². The van der Waals surface area contributed by atoms with E-state index in [1.165, 1.54) is 7.11 Å². The standard InChI is InChI=1S/C23H17N3O3/c1-13-5-8-19(29-13)21-17(14-6-7-18-15(10-14)4-3-9-24-18)11-16-12-20(28-2)23(27)26-22(16)25-21/h3-12H,1-2H3,(H,25,26,27). The van der Waals surface area contributed by atoms with Crippen molar-refractivity contribution >= 4 is 21.9 Å². The molecule has 29 heavy (non-hydrogen) atoms. The van der Waals surface area contributed by atoms with Gasteiger partial charge in [-0.25, -0.2) is 4.98 Å². The maximum Gasteiger partial charge on any atom is 0.291 e. The van der Waals surface area contributed by atoms with Crippen LogP contribution in [0.25, 0.3) is 44.5 Å². The largest absolute Gasteiger partial charge is 0.491 e. The zero-order valence-electron chi connectivity index (χ0n) is 15.9. The predicted octanol–water partition coefficient (Wildman–Crippen LogP) is 4.72. The first-order valence-corrected chi connectivity index (χ1v) is 9.16. The van der Waals surface area contributed by atoms with Gasteiger partial charge in [-0.15, -0.1) is 0 Å². The van der Waals surface area contributed by atoms with Crippen molar-refractivity contribution in [3.63, 3.8) is 0 Å². The molecular formula is C23H17N3O3. The molecule has 142 valence electrons. The second-order valence-corrected chi connectivity index (χ2v) is 6.81. The Morgan fingerprint density at radius 2 is 1.93 bits per heavy atom. The number of aryl methyl sites for hydroxylation is 1. The number of furan rings is 1.